The molecule has 0 aromatic carbocycles. The van der Waals surface area contributed by atoms with Crippen molar-refractivity contribution in [2.24, 2.45) is 16.7 Å². The maximum Gasteiger partial charge on any atom is 0.0472 e. The summed E-state index contributed by atoms with van der Waals surface area (Å²) in [6.07, 6.45) is 3.74. The summed E-state index contributed by atoms with van der Waals surface area (Å²) >= 11 is 4.62. The van der Waals surface area contributed by atoms with Gasteiger partial charge in [0.25, 0.3) is 0 Å². The lowest BCUT2D eigenvalue weighted by atomic mass is 9.80. The fourth-order valence-electron chi connectivity index (χ4n) is 3.33. The van der Waals surface area contributed by atoms with Gasteiger partial charge in [0.1, 0.15) is 0 Å². The van der Waals surface area contributed by atoms with Gasteiger partial charge in [-0.05, 0) is 48.3 Å². The highest BCUT2D eigenvalue weighted by molar-refractivity contribution is 7.80. The topological polar surface area (TPSA) is 12.5 Å². The van der Waals surface area contributed by atoms with Crippen LogP contribution >= 0.6 is 12.6 Å². The zero-order chi connectivity index (χ0) is 13.2. The first kappa shape index (κ1) is 14.7. The molecule has 0 aromatic rings. The first-order chi connectivity index (χ1) is 8.45. The molecule has 2 saturated heterocycles. The fourth-order valence-corrected chi connectivity index (χ4v) is 3.74. The molecule has 0 radical (unpaired) electrons. The van der Waals surface area contributed by atoms with Crippen LogP contribution in [0.1, 0.15) is 40.0 Å². The Labute approximate surface area is 118 Å². The van der Waals surface area contributed by atoms with Crippen molar-refractivity contribution in [1.82, 2.24) is 4.90 Å². The summed E-state index contributed by atoms with van der Waals surface area (Å²) in [6, 6.07) is 0. The Bertz CT molecular complexity index is 268. The summed E-state index contributed by atoms with van der Waals surface area (Å²) in [5.74, 6) is 1.86. The quantitative estimate of drug-likeness (QED) is 0.792. The second kappa shape index (κ2) is 5.72. The van der Waals surface area contributed by atoms with Crippen LogP contribution in [-0.4, -0.2) is 43.5 Å². The minimum atomic E-state index is 0.411. The monoisotopic (exact) mass is 271 g/mol. The van der Waals surface area contributed by atoms with Gasteiger partial charge in [-0.25, -0.2) is 0 Å². The summed E-state index contributed by atoms with van der Waals surface area (Å²) in [6.45, 7) is 12.8. The number of hydrogen-bond acceptors (Lipinski definition) is 3. The Morgan fingerprint density at radius 3 is 2.44 bits per heavy atom. The molecule has 0 bridgehead atoms. The SMILES string of the molecule is CC(C)(C)C1CCN(CC2(CS)CCOCC2)C1. The molecule has 2 heterocycles. The molecular formula is C15H29NOS. The smallest absolute Gasteiger partial charge is 0.0472 e. The molecule has 0 aromatic heterocycles. The van der Waals surface area contributed by atoms with Crippen LogP contribution in [0.25, 0.3) is 0 Å². The molecule has 2 fully saturated rings. The van der Waals surface area contributed by atoms with E-state index in [1.54, 1.807) is 0 Å². The maximum absolute atomic E-state index is 5.51. The zero-order valence-electron chi connectivity index (χ0n) is 12.2. The van der Waals surface area contributed by atoms with Crippen molar-refractivity contribution >= 4 is 12.6 Å². The number of hydrogen-bond donors (Lipinski definition) is 1. The van der Waals surface area contributed by atoms with Crippen molar-refractivity contribution in [3.63, 3.8) is 0 Å². The Morgan fingerprint density at radius 2 is 1.94 bits per heavy atom. The fraction of sp³-hybridized carbons (Fsp3) is 1.00. The average Bonchev–Trinajstić information content (AvgIpc) is 2.78. The summed E-state index contributed by atoms with van der Waals surface area (Å²) in [5, 5.41) is 0. The van der Waals surface area contributed by atoms with Crippen molar-refractivity contribution in [1.29, 1.82) is 0 Å². The van der Waals surface area contributed by atoms with E-state index in [4.69, 9.17) is 4.74 Å². The molecule has 2 aliphatic heterocycles. The standard InChI is InChI=1S/C15H29NOS/c1-14(2,3)13-4-7-16(10-13)11-15(12-18)5-8-17-9-6-15/h13,18H,4-12H2,1-3H3. The summed E-state index contributed by atoms with van der Waals surface area (Å²) in [4.78, 5) is 2.68. The average molecular weight is 271 g/mol. The number of thiol groups is 1. The minimum Gasteiger partial charge on any atom is -0.381 e. The predicted molar refractivity (Wildman–Crippen MR) is 80.3 cm³/mol. The van der Waals surface area contributed by atoms with Crippen molar-refractivity contribution in [2.45, 2.75) is 40.0 Å². The first-order valence-corrected chi connectivity index (χ1v) is 7.99. The van der Waals surface area contributed by atoms with Gasteiger partial charge in [-0.15, -0.1) is 0 Å². The van der Waals surface area contributed by atoms with Crippen molar-refractivity contribution in [2.75, 3.05) is 38.6 Å². The molecule has 0 saturated carbocycles. The van der Waals surface area contributed by atoms with Crippen LogP contribution in [0.2, 0.25) is 0 Å². The van der Waals surface area contributed by atoms with Crippen molar-refractivity contribution in [3.8, 4) is 0 Å². The lowest BCUT2D eigenvalue weighted by Gasteiger charge is -2.39. The van der Waals surface area contributed by atoms with Crippen molar-refractivity contribution in [3.05, 3.63) is 0 Å². The van der Waals surface area contributed by atoms with Gasteiger partial charge in [-0.3, -0.25) is 0 Å². The van der Waals surface area contributed by atoms with E-state index in [9.17, 15) is 0 Å². The van der Waals surface area contributed by atoms with Crippen LogP contribution in [-0.2, 0) is 4.74 Å². The van der Waals surface area contributed by atoms with Gasteiger partial charge in [0.2, 0.25) is 0 Å². The van der Waals surface area contributed by atoms with E-state index in [0.717, 1.165) is 24.9 Å². The zero-order valence-corrected chi connectivity index (χ0v) is 13.1. The van der Waals surface area contributed by atoms with E-state index in [1.165, 1.54) is 38.9 Å². The molecule has 0 N–H and O–H groups in total. The largest absolute Gasteiger partial charge is 0.381 e. The summed E-state index contributed by atoms with van der Waals surface area (Å²) in [7, 11) is 0. The number of nitrogens with zero attached hydrogens (tertiary/aromatic N) is 1. The van der Waals surface area contributed by atoms with E-state index < -0.39 is 0 Å². The molecule has 106 valence electrons. The number of ether oxygens (including phenoxy) is 1. The third-order valence-corrected chi connectivity index (χ3v) is 5.62. The predicted octanol–water partition coefficient (Wildman–Crippen LogP) is 3.08. The van der Waals surface area contributed by atoms with Gasteiger partial charge in [-0.2, -0.15) is 12.6 Å². The highest BCUT2D eigenvalue weighted by atomic mass is 32.1. The summed E-state index contributed by atoms with van der Waals surface area (Å²) in [5.41, 5.74) is 0.868. The molecule has 2 nitrogen and oxygen atoms in total. The third kappa shape index (κ3) is 3.43. The van der Waals surface area contributed by atoms with Gasteiger partial charge in [0.05, 0.1) is 0 Å². The van der Waals surface area contributed by atoms with Crippen LogP contribution in [0, 0.1) is 16.7 Å². The van der Waals surface area contributed by atoms with Crippen LogP contribution in [0.15, 0.2) is 0 Å². The van der Waals surface area contributed by atoms with Crippen molar-refractivity contribution < 1.29 is 4.74 Å². The van der Waals surface area contributed by atoms with E-state index in [-0.39, 0.29) is 0 Å². The molecular weight excluding hydrogens is 242 g/mol. The molecule has 1 atom stereocenters. The Morgan fingerprint density at radius 1 is 1.28 bits per heavy atom. The van der Waals surface area contributed by atoms with E-state index in [0.29, 0.717) is 10.8 Å². The molecule has 2 aliphatic rings. The summed E-state index contributed by atoms with van der Waals surface area (Å²) < 4.78 is 5.51. The van der Waals surface area contributed by atoms with Gasteiger partial charge >= 0.3 is 0 Å². The Balaban J connectivity index is 1.90. The number of likely N-dealkylation sites (tertiary alicyclic amines) is 1. The van der Waals surface area contributed by atoms with E-state index >= 15 is 0 Å². The Kier molecular flexibility index (Phi) is 4.66. The first-order valence-electron chi connectivity index (χ1n) is 7.36. The molecule has 0 amide bonds. The van der Waals surface area contributed by atoms with Crippen LogP contribution < -0.4 is 0 Å². The van der Waals surface area contributed by atoms with Crippen LogP contribution in [0.3, 0.4) is 0 Å². The molecule has 2 rings (SSSR count). The van der Waals surface area contributed by atoms with E-state index in [1.807, 2.05) is 0 Å². The third-order valence-electron chi connectivity index (χ3n) is 4.95. The highest BCUT2D eigenvalue weighted by Crippen LogP contribution is 2.38. The lowest BCUT2D eigenvalue weighted by Crippen LogP contribution is -2.42. The van der Waals surface area contributed by atoms with Gasteiger partial charge < -0.3 is 9.64 Å². The van der Waals surface area contributed by atoms with E-state index in [2.05, 4.69) is 38.3 Å². The van der Waals surface area contributed by atoms with Crippen LogP contribution in [0.4, 0.5) is 0 Å². The second-order valence-electron chi connectivity index (χ2n) is 7.36. The van der Waals surface area contributed by atoms with Gasteiger partial charge in [0.15, 0.2) is 0 Å². The molecule has 0 aliphatic carbocycles. The highest BCUT2D eigenvalue weighted by Gasteiger charge is 2.37. The second-order valence-corrected chi connectivity index (χ2v) is 7.67. The van der Waals surface area contributed by atoms with Gasteiger partial charge in [0, 0.05) is 26.3 Å². The molecule has 18 heavy (non-hydrogen) atoms. The van der Waals surface area contributed by atoms with Gasteiger partial charge in [-0.1, -0.05) is 20.8 Å². The van der Waals surface area contributed by atoms with Crippen LogP contribution in [0.5, 0.6) is 0 Å². The molecule has 3 heteroatoms. The number of rotatable bonds is 3. The molecule has 1 unspecified atom stereocenters. The minimum absolute atomic E-state index is 0.411. The molecule has 0 spiro atoms. The Hall–Kier alpha value is 0.270. The lowest BCUT2D eigenvalue weighted by molar-refractivity contribution is 0.00997. The maximum atomic E-state index is 5.51. The normalized spacial score (nSPS) is 29.7.